The van der Waals surface area contributed by atoms with Crippen molar-refractivity contribution in [3.8, 4) is 0 Å². The quantitative estimate of drug-likeness (QED) is 0.384. The molecule has 34 heavy (non-hydrogen) atoms. The normalized spacial score (nSPS) is 13.2. The van der Waals surface area contributed by atoms with Gasteiger partial charge in [0.1, 0.15) is 0 Å². The summed E-state index contributed by atoms with van der Waals surface area (Å²) in [6, 6.07) is 22.2. The van der Waals surface area contributed by atoms with E-state index in [-0.39, 0.29) is 32.0 Å². The number of benzene rings is 2. The van der Waals surface area contributed by atoms with Crippen molar-refractivity contribution in [2.45, 2.75) is 53.5 Å². The van der Waals surface area contributed by atoms with E-state index in [0.717, 1.165) is 6.42 Å². The van der Waals surface area contributed by atoms with Gasteiger partial charge < -0.3 is 16.0 Å². The van der Waals surface area contributed by atoms with E-state index in [2.05, 4.69) is 124 Å². The fourth-order valence-corrected chi connectivity index (χ4v) is 7.50. The summed E-state index contributed by atoms with van der Waals surface area (Å²) < 4.78 is 0. The van der Waals surface area contributed by atoms with Crippen LogP contribution in [0.3, 0.4) is 0 Å². The maximum absolute atomic E-state index is 3.82. The number of nitrogens with one attached hydrogen (secondary N) is 1. The van der Waals surface area contributed by atoms with Crippen molar-refractivity contribution in [3.05, 3.63) is 93.8 Å². The van der Waals surface area contributed by atoms with Crippen LogP contribution in [-0.4, -0.2) is 42.5 Å². The Morgan fingerprint density at radius 3 is 1.44 bits per heavy atom. The SMILES string of the molecule is CC(C)(C)NC1=C([SiH](c2ccccc2)c2ccccc2)C(C(C)(C)C)=[C-]C1.C[N-]C.C[N-]C.[Mo+3]. The van der Waals surface area contributed by atoms with Gasteiger partial charge in [-0.25, -0.2) is 5.57 Å². The second-order valence-corrected chi connectivity index (χ2v) is 13.2. The molecule has 1 aliphatic carbocycles. The second kappa shape index (κ2) is 15.5. The molecular weight excluding hydrogens is 514 g/mol. The van der Waals surface area contributed by atoms with Crippen molar-refractivity contribution in [3.63, 3.8) is 0 Å². The molecule has 0 heterocycles. The van der Waals surface area contributed by atoms with E-state index >= 15 is 0 Å². The Labute approximate surface area is 225 Å². The zero-order valence-electron chi connectivity index (χ0n) is 22.9. The average molecular weight is 559 g/mol. The van der Waals surface area contributed by atoms with Crippen LogP contribution in [-0.2, 0) is 21.1 Å². The van der Waals surface area contributed by atoms with E-state index in [9.17, 15) is 0 Å². The van der Waals surface area contributed by atoms with Crippen LogP contribution in [0.1, 0.15) is 48.0 Å². The monoisotopic (exact) mass is 560 g/mol. The zero-order valence-corrected chi connectivity index (χ0v) is 26.0. The topological polar surface area (TPSA) is 40.2 Å². The molecule has 1 aliphatic rings. The zero-order chi connectivity index (χ0) is 25.1. The van der Waals surface area contributed by atoms with Gasteiger partial charge in [-0.2, -0.15) is 33.4 Å². The van der Waals surface area contributed by atoms with E-state index in [1.807, 2.05) is 0 Å². The number of hydrogen-bond donors (Lipinski definition) is 1. The first kappa shape index (κ1) is 32.5. The van der Waals surface area contributed by atoms with Crippen molar-refractivity contribution in [2.75, 3.05) is 28.2 Å². The number of nitrogens with zero attached hydrogens (tertiary/aromatic N) is 2. The van der Waals surface area contributed by atoms with Gasteiger partial charge in [-0.3, -0.25) is 6.08 Å². The van der Waals surface area contributed by atoms with Crippen molar-refractivity contribution in [1.29, 1.82) is 0 Å². The van der Waals surface area contributed by atoms with Gasteiger partial charge in [0.25, 0.3) is 0 Å². The Balaban J connectivity index is 0.00000141. The van der Waals surface area contributed by atoms with Crippen LogP contribution in [0.4, 0.5) is 0 Å². The van der Waals surface area contributed by atoms with Gasteiger partial charge in [0.05, 0.1) is 8.80 Å². The van der Waals surface area contributed by atoms with E-state index in [1.54, 1.807) is 28.2 Å². The Morgan fingerprint density at radius 1 is 0.735 bits per heavy atom. The standard InChI is InChI=1S/C25H32NSi.2C2H6N.Mo/c1-24(2,3)21-17-18-22(26-25(4,5)6)23(21)27(19-13-9-7-10-14-19)20-15-11-8-12-16-20;2*1-3-2;/h7-16,26-27H,18H2,1-6H3;2*1-2H3;/q3*-1;+3. The summed E-state index contributed by atoms with van der Waals surface area (Å²) in [6.45, 7) is 13.7. The number of hydrogen-bond acceptors (Lipinski definition) is 1. The third-order valence-electron chi connectivity index (χ3n) is 4.87. The fourth-order valence-electron chi connectivity index (χ4n) is 3.89. The Kier molecular flexibility index (Phi) is 14.9. The van der Waals surface area contributed by atoms with Gasteiger partial charge in [0.15, 0.2) is 0 Å². The second-order valence-electron chi connectivity index (χ2n) is 10.4. The van der Waals surface area contributed by atoms with Gasteiger partial charge >= 0.3 is 21.1 Å². The molecule has 0 amide bonds. The minimum atomic E-state index is -1.59. The molecule has 2 aromatic rings. The summed E-state index contributed by atoms with van der Waals surface area (Å²) in [6.07, 6.45) is 4.65. The van der Waals surface area contributed by atoms with Gasteiger partial charge in [0.2, 0.25) is 0 Å². The van der Waals surface area contributed by atoms with Crippen molar-refractivity contribution < 1.29 is 21.1 Å². The van der Waals surface area contributed by atoms with Crippen LogP contribution in [0.2, 0.25) is 0 Å². The van der Waals surface area contributed by atoms with E-state index in [1.165, 1.54) is 26.8 Å². The molecule has 3 nitrogen and oxygen atoms in total. The summed E-state index contributed by atoms with van der Waals surface area (Å²) in [4.78, 5) is 0. The van der Waals surface area contributed by atoms with Crippen LogP contribution in [0.25, 0.3) is 10.6 Å². The molecule has 1 radical (unpaired) electrons. The molecule has 0 unspecified atom stereocenters. The molecule has 0 spiro atoms. The molecule has 0 atom stereocenters. The van der Waals surface area contributed by atoms with Crippen molar-refractivity contribution in [2.24, 2.45) is 5.41 Å². The molecule has 3 rings (SSSR count). The van der Waals surface area contributed by atoms with Crippen LogP contribution < -0.4 is 15.7 Å². The molecule has 1 N–H and O–H groups in total. The maximum Gasteiger partial charge on any atom is 3.00 e. The van der Waals surface area contributed by atoms with Crippen LogP contribution in [0, 0.1) is 11.5 Å². The first-order valence-electron chi connectivity index (χ1n) is 11.7. The molecule has 0 bridgehead atoms. The van der Waals surface area contributed by atoms with E-state index < -0.39 is 8.80 Å². The number of rotatable bonds is 4. The third kappa shape index (κ3) is 10.4. The van der Waals surface area contributed by atoms with Crippen LogP contribution in [0.5, 0.6) is 0 Å². The molecule has 0 fully saturated rings. The first-order valence-corrected chi connectivity index (χ1v) is 13.4. The third-order valence-corrected chi connectivity index (χ3v) is 8.18. The molecule has 2 aromatic carbocycles. The minimum Gasteiger partial charge on any atom is -0.668 e. The van der Waals surface area contributed by atoms with Crippen molar-refractivity contribution in [1.82, 2.24) is 5.32 Å². The fraction of sp³-hybridized carbons (Fsp3) is 0.448. The Morgan fingerprint density at radius 2 is 1.12 bits per heavy atom. The van der Waals surface area contributed by atoms with Gasteiger partial charge in [-0.1, -0.05) is 104 Å². The average Bonchev–Trinajstić information content (AvgIpc) is 3.13. The van der Waals surface area contributed by atoms with Gasteiger partial charge in [-0.15, -0.1) is 0 Å². The molecule has 5 heteroatoms. The molecule has 0 saturated carbocycles. The molecule has 185 valence electrons. The predicted molar refractivity (Wildman–Crippen MR) is 150 cm³/mol. The Hall–Kier alpha value is -1.45. The van der Waals surface area contributed by atoms with Crippen molar-refractivity contribution >= 4 is 19.2 Å². The first-order chi connectivity index (χ1) is 15.5. The van der Waals surface area contributed by atoms with Gasteiger partial charge in [0, 0.05) is 5.54 Å². The number of allylic oxidation sites excluding steroid dienone is 3. The summed E-state index contributed by atoms with van der Waals surface area (Å²) in [5.74, 6) is 0. The summed E-state index contributed by atoms with van der Waals surface area (Å²) in [7, 11) is 5.41. The van der Waals surface area contributed by atoms with Gasteiger partial charge in [-0.05, 0) is 26.2 Å². The van der Waals surface area contributed by atoms with E-state index in [0.29, 0.717) is 0 Å². The Bertz CT molecular complexity index is 838. The van der Waals surface area contributed by atoms with Crippen LogP contribution in [0.15, 0.2) is 77.1 Å². The summed E-state index contributed by atoms with van der Waals surface area (Å²) in [5, 5.41) is 15.3. The molecule has 0 aliphatic heterocycles. The summed E-state index contributed by atoms with van der Waals surface area (Å²) >= 11 is 0. The molecule has 0 aromatic heterocycles. The molecule has 0 saturated heterocycles. The van der Waals surface area contributed by atoms with E-state index in [4.69, 9.17) is 0 Å². The smallest absolute Gasteiger partial charge is 0.668 e. The minimum absolute atomic E-state index is 0. The van der Waals surface area contributed by atoms with Crippen LogP contribution >= 0.6 is 0 Å². The molecular formula is C29H44MoN3Si. The summed E-state index contributed by atoms with van der Waals surface area (Å²) in [5.41, 5.74) is 2.91. The largest absolute Gasteiger partial charge is 3.00 e. The maximum atomic E-state index is 3.82. The predicted octanol–water partition coefficient (Wildman–Crippen LogP) is 5.63.